The zero-order valence-corrected chi connectivity index (χ0v) is 16.3. The van der Waals surface area contributed by atoms with E-state index in [2.05, 4.69) is 10.6 Å². The van der Waals surface area contributed by atoms with Crippen LogP contribution in [0.25, 0.3) is 0 Å². The smallest absolute Gasteiger partial charge is 0.238 e. The lowest BCUT2D eigenvalue weighted by atomic mass is 10.1. The van der Waals surface area contributed by atoms with Gasteiger partial charge in [0.1, 0.15) is 5.75 Å². The molecular weight excluding hydrogens is 342 g/mol. The number of ether oxygens (including phenoxy) is 1. The van der Waals surface area contributed by atoms with Gasteiger partial charge in [-0.2, -0.15) is 0 Å². The average Bonchev–Trinajstić information content (AvgIpc) is 2.65. The predicted molar refractivity (Wildman–Crippen MR) is 108 cm³/mol. The minimum absolute atomic E-state index is 0.133. The topological polar surface area (TPSA) is 70.7 Å². The van der Waals surface area contributed by atoms with E-state index in [9.17, 15) is 9.59 Å². The number of methoxy groups -OCH3 is 1. The van der Waals surface area contributed by atoms with Crippen molar-refractivity contribution >= 4 is 23.2 Å². The number of nitrogens with one attached hydrogen (secondary N) is 2. The van der Waals surface area contributed by atoms with Gasteiger partial charge in [0.2, 0.25) is 11.8 Å². The van der Waals surface area contributed by atoms with Crippen LogP contribution >= 0.6 is 0 Å². The van der Waals surface area contributed by atoms with Crippen molar-refractivity contribution in [3.63, 3.8) is 0 Å². The molecule has 0 aliphatic rings. The molecule has 6 heteroatoms. The van der Waals surface area contributed by atoms with Crippen LogP contribution in [0.3, 0.4) is 0 Å². The summed E-state index contributed by atoms with van der Waals surface area (Å²) in [4.78, 5) is 26.5. The SMILES string of the molecule is CCN(CC(=O)Nc1ccc(OC)cc1)CC(=O)Nc1c(C)cccc1C. The van der Waals surface area contributed by atoms with Gasteiger partial charge < -0.3 is 15.4 Å². The summed E-state index contributed by atoms with van der Waals surface area (Å²) in [5.74, 6) is 0.430. The van der Waals surface area contributed by atoms with Crippen LogP contribution in [0.1, 0.15) is 18.1 Å². The second-order valence-electron chi connectivity index (χ2n) is 6.39. The molecule has 144 valence electrons. The highest BCUT2D eigenvalue weighted by Gasteiger charge is 2.15. The fourth-order valence-corrected chi connectivity index (χ4v) is 2.75. The van der Waals surface area contributed by atoms with E-state index in [-0.39, 0.29) is 24.9 Å². The minimum atomic E-state index is -0.165. The highest BCUT2D eigenvalue weighted by molar-refractivity contribution is 5.95. The van der Waals surface area contributed by atoms with Gasteiger partial charge >= 0.3 is 0 Å². The van der Waals surface area contributed by atoms with Gasteiger partial charge in [0, 0.05) is 11.4 Å². The van der Waals surface area contributed by atoms with Gasteiger partial charge in [0.25, 0.3) is 0 Å². The Morgan fingerprint density at radius 1 is 0.926 bits per heavy atom. The molecule has 0 atom stereocenters. The zero-order valence-electron chi connectivity index (χ0n) is 16.3. The normalized spacial score (nSPS) is 10.6. The molecule has 6 nitrogen and oxygen atoms in total. The van der Waals surface area contributed by atoms with Gasteiger partial charge in [0.05, 0.1) is 20.2 Å². The van der Waals surface area contributed by atoms with E-state index in [1.165, 1.54) is 0 Å². The van der Waals surface area contributed by atoms with E-state index in [1.54, 1.807) is 36.3 Å². The molecule has 0 heterocycles. The number of nitrogens with zero attached hydrogens (tertiary/aromatic N) is 1. The molecule has 0 fully saturated rings. The lowest BCUT2D eigenvalue weighted by Crippen LogP contribution is -2.38. The molecule has 0 spiro atoms. The largest absolute Gasteiger partial charge is 0.497 e. The monoisotopic (exact) mass is 369 g/mol. The van der Waals surface area contributed by atoms with Gasteiger partial charge in [-0.05, 0) is 55.8 Å². The van der Waals surface area contributed by atoms with E-state index in [0.717, 1.165) is 22.6 Å². The Balaban J connectivity index is 1.90. The Morgan fingerprint density at radius 3 is 2.00 bits per heavy atom. The summed E-state index contributed by atoms with van der Waals surface area (Å²) < 4.78 is 5.10. The van der Waals surface area contributed by atoms with Crippen LogP contribution in [0.5, 0.6) is 5.75 Å². The van der Waals surface area contributed by atoms with Gasteiger partial charge in [-0.1, -0.05) is 25.1 Å². The van der Waals surface area contributed by atoms with Gasteiger partial charge in [-0.15, -0.1) is 0 Å². The number of likely N-dealkylation sites (N-methyl/N-ethyl adjacent to an activating group) is 1. The number of hydrogen-bond donors (Lipinski definition) is 2. The molecule has 2 rings (SSSR count). The molecule has 0 radical (unpaired) electrons. The Bertz CT molecular complexity index is 768. The van der Waals surface area contributed by atoms with Crippen molar-refractivity contribution in [2.45, 2.75) is 20.8 Å². The van der Waals surface area contributed by atoms with E-state index < -0.39 is 0 Å². The first-order valence-corrected chi connectivity index (χ1v) is 8.95. The second-order valence-corrected chi connectivity index (χ2v) is 6.39. The fraction of sp³-hybridized carbons (Fsp3) is 0.333. The van der Waals surface area contributed by atoms with Crippen LogP contribution in [0.15, 0.2) is 42.5 Å². The first-order valence-electron chi connectivity index (χ1n) is 8.95. The highest BCUT2D eigenvalue weighted by Crippen LogP contribution is 2.19. The molecule has 0 aliphatic carbocycles. The van der Waals surface area contributed by atoms with Crippen LogP contribution in [-0.4, -0.2) is 43.5 Å². The first-order chi connectivity index (χ1) is 12.9. The fourth-order valence-electron chi connectivity index (χ4n) is 2.75. The molecule has 0 aromatic heterocycles. The third kappa shape index (κ3) is 6.11. The van der Waals surface area contributed by atoms with E-state index >= 15 is 0 Å². The molecule has 2 aromatic carbocycles. The zero-order chi connectivity index (χ0) is 19.8. The third-order valence-corrected chi connectivity index (χ3v) is 4.30. The lowest BCUT2D eigenvalue weighted by molar-refractivity contribution is -0.119. The van der Waals surface area contributed by atoms with Crippen LogP contribution in [0.2, 0.25) is 0 Å². The number of amides is 2. The molecule has 0 bridgehead atoms. The summed E-state index contributed by atoms with van der Waals surface area (Å²) in [5, 5.41) is 5.78. The minimum Gasteiger partial charge on any atom is -0.497 e. The lowest BCUT2D eigenvalue weighted by Gasteiger charge is -2.20. The summed E-state index contributed by atoms with van der Waals surface area (Å²) in [6.45, 7) is 6.73. The van der Waals surface area contributed by atoms with Crippen LogP contribution in [0, 0.1) is 13.8 Å². The molecular formula is C21H27N3O3. The number of carbonyl (C=O) groups excluding carboxylic acids is 2. The molecule has 2 amide bonds. The number of aryl methyl sites for hydroxylation is 2. The van der Waals surface area contributed by atoms with Crippen molar-refractivity contribution in [1.82, 2.24) is 4.90 Å². The summed E-state index contributed by atoms with van der Waals surface area (Å²) >= 11 is 0. The maximum Gasteiger partial charge on any atom is 0.238 e. The Labute approximate surface area is 160 Å². The summed E-state index contributed by atoms with van der Waals surface area (Å²) in [6.07, 6.45) is 0. The maximum atomic E-state index is 12.4. The van der Waals surface area contributed by atoms with Crippen molar-refractivity contribution in [3.8, 4) is 5.75 Å². The van der Waals surface area contributed by atoms with Crippen molar-refractivity contribution in [2.75, 3.05) is 37.4 Å². The molecule has 0 saturated carbocycles. The molecule has 2 aromatic rings. The first kappa shape index (κ1) is 20.5. The van der Waals surface area contributed by atoms with Crippen LogP contribution in [-0.2, 0) is 9.59 Å². The van der Waals surface area contributed by atoms with Crippen molar-refractivity contribution in [2.24, 2.45) is 0 Å². The molecule has 0 saturated heterocycles. The van der Waals surface area contributed by atoms with E-state index in [4.69, 9.17) is 4.74 Å². The average molecular weight is 369 g/mol. The molecule has 27 heavy (non-hydrogen) atoms. The summed E-state index contributed by atoms with van der Waals surface area (Å²) in [7, 11) is 1.59. The maximum absolute atomic E-state index is 12.4. The number of hydrogen-bond acceptors (Lipinski definition) is 4. The second kappa shape index (κ2) is 9.73. The number of para-hydroxylation sites is 1. The highest BCUT2D eigenvalue weighted by atomic mass is 16.5. The van der Waals surface area contributed by atoms with Crippen molar-refractivity contribution < 1.29 is 14.3 Å². The Morgan fingerprint density at radius 2 is 1.48 bits per heavy atom. The van der Waals surface area contributed by atoms with E-state index in [1.807, 2.05) is 39.0 Å². The standard InChI is InChI=1S/C21H27N3O3/c1-5-24(13-19(25)22-17-9-11-18(27-4)12-10-17)14-20(26)23-21-15(2)7-6-8-16(21)3/h6-12H,5,13-14H2,1-4H3,(H,22,25)(H,23,26). The van der Waals surface area contributed by atoms with Crippen LogP contribution < -0.4 is 15.4 Å². The number of benzene rings is 2. The number of rotatable bonds is 8. The number of carbonyl (C=O) groups is 2. The van der Waals surface area contributed by atoms with Crippen molar-refractivity contribution in [1.29, 1.82) is 0 Å². The predicted octanol–water partition coefficient (Wildman–Crippen LogP) is 3.21. The quantitative estimate of drug-likeness (QED) is 0.750. The molecule has 2 N–H and O–H groups in total. The van der Waals surface area contributed by atoms with Crippen molar-refractivity contribution in [3.05, 3.63) is 53.6 Å². The van der Waals surface area contributed by atoms with Crippen LogP contribution in [0.4, 0.5) is 11.4 Å². The van der Waals surface area contributed by atoms with Gasteiger partial charge in [0.15, 0.2) is 0 Å². The summed E-state index contributed by atoms with van der Waals surface area (Å²) in [5.41, 5.74) is 3.56. The number of anilines is 2. The molecule has 0 aliphatic heterocycles. The van der Waals surface area contributed by atoms with Gasteiger partial charge in [-0.3, -0.25) is 14.5 Å². The Hall–Kier alpha value is -2.86. The third-order valence-electron chi connectivity index (χ3n) is 4.30. The molecule has 0 unspecified atom stereocenters. The Kier molecular flexibility index (Phi) is 7.37. The van der Waals surface area contributed by atoms with Gasteiger partial charge in [-0.25, -0.2) is 0 Å². The summed E-state index contributed by atoms with van der Waals surface area (Å²) in [6, 6.07) is 13.0. The van der Waals surface area contributed by atoms with E-state index in [0.29, 0.717) is 12.2 Å².